The molecule has 2 rings (SSSR count). The summed E-state index contributed by atoms with van der Waals surface area (Å²) in [7, 11) is 0. The van der Waals surface area contributed by atoms with Gasteiger partial charge in [0.05, 0.1) is 11.7 Å². The summed E-state index contributed by atoms with van der Waals surface area (Å²) in [6.45, 7) is 3.71. The third kappa shape index (κ3) is 3.67. The average molecular weight is 285 g/mol. The van der Waals surface area contributed by atoms with E-state index in [2.05, 4.69) is 10.2 Å². The molecule has 1 saturated heterocycles. The molecule has 1 aromatic carbocycles. The lowest BCUT2D eigenvalue weighted by Gasteiger charge is -2.31. The summed E-state index contributed by atoms with van der Waals surface area (Å²) in [5.41, 5.74) is 0.179. The summed E-state index contributed by atoms with van der Waals surface area (Å²) in [4.78, 5) is 14.2. The van der Waals surface area contributed by atoms with Crippen LogP contribution in [-0.2, 0) is 4.79 Å². The molecule has 0 saturated carbocycles. The molecule has 1 amide bonds. The summed E-state index contributed by atoms with van der Waals surface area (Å²) in [6.07, 6.45) is 3.45. The number of amides is 1. The van der Waals surface area contributed by atoms with Crippen LogP contribution >= 0.6 is 11.6 Å². The molecule has 5 heteroatoms. The fourth-order valence-electron chi connectivity index (χ4n) is 2.30. The van der Waals surface area contributed by atoms with Gasteiger partial charge in [0.15, 0.2) is 0 Å². The standard InChI is InChI=1S/C14H18ClFN2O/c1-10(18-7-3-2-4-8-18)14(19)17-13-6-5-11(15)9-12(13)16/h5-6,9-10H,2-4,7-8H2,1H3,(H,17,19)/t10-/m1/s1. The number of benzene rings is 1. The predicted molar refractivity (Wildman–Crippen MR) is 74.9 cm³/mol. The maximum atomic E-state index is 13.6. The van der Waals surface area contributed by atoms with Crippen molar-refractivity contribution in [1.82, 2.24) is 4.90 Å². The number of rotatable bonds is 3. The summed E-state index contributed by atoms with van der Waals surface area (Å²) in [6, 6.07) is 4.00. The highest BCUT2D eigenvalue weighted by atomic mass is 35.5. The number of likely N-dealkylation sites (tertiary alicyclic amines) is 1. The Hall–Kier alpha value is -1.13. The van der Waals surface area contributed by atoms with E-state index in [4.69, 9.17) is 11.6 Å². The van der Waals surface area contributed by atoms with Crippen LogP contribution in [0.4, 0.5) is 10.1 Å². The molecule has 0 bridgehead atoms. The van der Waals surface area contributed by atoms with Crippen LogP contribution in [0.25, 0.3) is 0 Å². The Labute approximate surface area is 117 Å². The van der Waals surface area contributed by atoms with Crippen LogP contribution in [0.5, 0.6) is 0 Å². The summed E-state index contributed by atoms with van der Waals surface area (Å²) in [5, 5.41) is 2.94. The first kappa shape index (κ1) is 14.3. The molecular formula is C14H18ClFN2O. The van der Waals surface area contributed by atoms with Gasteiger partial charge >= 0.3 is 0 Å². The van der Waals surface area contributed by atoms with Crippen LogP contribution in [0, 0.1) is 5.82 Å². The maximum absolute atomic E-state index is 13.6. The maximum Gasteiger partial charge on any atom is 0.241 e. The van der Waals surface area contributed by atoms with Gasteiger partial charge in [-0.1, -0.05) is 18.0 Å². The summed E-state index contributed by atoms with van der Waals surface area (Å²) >= 11 is 5.68. The monoisotopic (exact) mass is 284 g/mol. The zero-order valence-electron chi connectivity index (χ0n) is 11.0. The number of carbonyl (C=O) groups excluding carboxylic acids is 1. The van der Waals surface area contributed by atoms with Crippen molar-refractivity contribution in [3.8, 4) is 0 Å². The van der Waals surface area contributed by atoms with Crippen molar-refractivity contribution >= 4 is 23.2 Å². The van der Waals surface area contributed by atoms with Crippen molar-refractivity contribution in [1.29, 1.82) is 0 Å². The lowest BCUT2D eigenvalue weighted by Crippen LogP contribution is -2.44. The molecule has 1 atom stereocenters. The molecule has 0 radical (unpaired) electrons. The van der Waals surface area contributed by atoms with Crippen LogP contribution in [-0.4, -0.2) is 29.9 Å². The molecule has 19 heavy (non-hydrogen) atoms. The normalized spacial score (nSPS) is 18.1. The van der Waals surface area contributed by atoms with Crippen LogP contribution in [0.1, 0.15) is 26.2 Å². The Morgan fingerprint density at radius 3 is 2.68 bits per heavy atom. The fourth-order valence-corrected chi connectivity index (χ4v) is 2.46. The van der Waals surface area contributed by atoms with Gasteiger partial charge in [0, 0.05) is 5.02 Å². The van der Waals surface area contributed by atoms with Gasteiger partial charge in [0.25, 0.3) is 0 Å². The van der Waals surface area contributed by atoms with Gasteiger partial charge in [-0.15, -0.1) is 0 Å². The quantitative estimate of drug-likeness (QED) is 0.924. The van der Waals surface area contributed by atoms with Crippen molar-refractivity contribution in [3.05, 3.63) is 29.0 Å². The molecule has 1 heterocycles. The molecule has 0 aromatic heterocycles. The number of carbonyl (C=O) groups is 1. The lowest BCUT2D eigenvalue weighted by atomic mass is 10.1. The Kier molecular flexibility index (Phi) is 4.77. The predicted octanol–water partition coefficient (Wildman–Crippen LogP) is 3.29. The van der Waals surface area contributed by atoms with E-state index in [9.17, 15) is 9.18 Å². The van der Waals surface area contributed by atoms with Crippen molar-refractivity contribution in [3.63, 3.8) is 0 Å². The average Bonchev–Trinajstić information content (AvgIpc) is 2.42. The molecule has 1 aliphatic heterocycles. The SMILES string of the molecule is C[C@H](C(=O)Nc1ccc(Cl)cc1F)N1CCCCC1. The van der Waals surface area contributed by atoms with Gasteiger partial charge in [0.2, 0.25) is 5.91 Å². The molecule has 1 aromatic rings. The number of nitrogens with one attached hydrogen (secondary N) is 1. The first-order valence-corrected chi connectivity index (χ1v) is 6.95. The number of hydrogen-bond donors (Lipinski definition) is 1. The van der Waals surface area contributed by atoms with Crippen molar-refractivity contribution in [2.75, 3.05) is 18.4 Å². The number of hydrogen-bond acceptors (Lipinski definition) is 2. The minimum absolute atomic E-state index is 0.178. The van der Waals surface area contributed by atoms with Gasteiger partial charge in [-0.2, -0.15) is 0 Å². The second-order valence-electron chi connectivity index (χ2n) is 4.89. The van der Waals surface area contributed by atoms with Crippen LogP contribution < -0.4 is 5.32 Å². The van der Waals surface area contributed by atoms with Crippen LogP contribution in [0.2, 0.25) is 5.02 Å². The number of halogens is 2. The molecule has 1 aliphatic rings. The van der Waals surface area contributed by atoms with Crippen LogP contribution in [0.15, 0.2) is 18.2 Å². The van der Waals surface area contributed by atoms with Gasteiger partial charge in [-0.05, 0) is 51.1 Å². The molecule has 104 valence electrons. The van der Waals surface area contributed by atoms with E-state index in [0.29, 0.717) is 5.02 Å². The Morgan fingerprint density at radius 1 is 1.37 bits per heavy atom. The first-order chi connectivity index (χ1) is 9.08. The van der Waals surface area contributed by atoms with Crippen LogP contribution in [0.3, 0.4) is 0 Å². The fraction of sp³-hybridized carbons (Fsp3) is 0.500. The zero-order chi connectivity index (χ0) is 13.8. The Balaban J connectivity index is 1.99. The van der Waals surface area contributed by atoms with Crippen molar-refractivity contribution in [2.24, 2.45) is 0 Å². The molecule has 3 nitrogen and oxygen atoms in total. The van der Waals surface area contributed by atoms with E-state index in [0.717, 1.165) is 25.9 Å². The van der Waals surface area contributed by atoms with Crippen molar-refractivity contribution < 1.29 is 9.18 Å². The van der Waals surface area contributed by atoms with Gasteiger partial charge in [-0.3, -0.25) is 9.69 Å². The minimum atomic E-state index is -0.508. The van der Waals surface area contributed by atoms with Crippen molar-refractivity contribution in [2.45, 2.75) is 32.2 Å². The van der Waals surface area contributed by atoms with E-state index < -0.39 is 5.82 Å². The number of nitrogens with zero attached hydrogens (tertiary/aromatic N) is 1. The molecule has 1 N–H and O–H groups in total. The highest BCUT2D eigenvalue weighted by Gasteiger charge is 2.23. The molecule has 0 unspecified atom stereocenters. The molecular weight excluding hydrogens is 267 g/mol. The molecule has 1 fully saturated rings. The summed E-state index contributed by atoms with van der Waals surface area (Å²) < 4.78 is 13.6. The lowest BCUT2D eigenvalue weighted by molar-refractivity contribution is -0.121. The molecule has 0 spiro atoms. The second-order valence-corrected chi connectivity index (χ2v) is 5.32. The third-order valence-corrected chi connectivity index (χ3v) is 3.74. The molecule has 0 aliphatic carbocycles. The van der Waals surface area contributed by atoms with Gasteiger partial charge in [-0.25, -0.2) is 4.39 Å². The Bertz CT molecular complexity index is 461. The highest BCUT2D eigenvalue weighted by Crippen LogP contribution is 2.20. The summed E-state index contributed by atoms with van der Waals surface area (Å²) in [5.74, 6) is -0.685. The highest BCUT2D eigenvalue weighted by molar-refractivity contribution is 6.30. The van der Waals surface area contributed by atoms with E-state index >= 15 is 0 Å². The number of anilines is 1. The first-order valence-electron chi connectivity index (χ1n) is 6.58. The third-order valence-electron chi connectivity index (χ3n) is 3.51. The minimum Gasteiger partial charge on any atom is -0.322 e. The van der Waals surface area contributed by atoms with E-state index in [1.807, 2.05) is 6.92 Å². The smallest absolute Gasteiger partial charge is 0.241 e. The van der Waals surface area contributed by atoms with Gasteiger partial charge < -0.3 is 5.32 Å². The largest absolute Gasteiger partial charge is 0.322 e. The zero-order valence-corrected chi connectivity index (χ0v) is 11.7. The van der Waals surface area contributed by atoms with Gasteiger partial charge in [0.1, 0.15) is 5.82 Å². The Morgan fingerprint density at radius 2 is 2.05 bits per heavy atom. The topological polar surface area (TPSA) is 32.3 Å². The van der Waals surface area contributed by atoms with E-state index in [1.165, 1.54) is 18.6 Å². The number of piperidine rings is 1. The van der Waals surface area contributed by atoms with E-state index in [-0.39, 0.29) is 17.6 Å². The second kappa shape index (κ2) is 6.35. The van der Waals surface area contributed by atoms with E-state index in [1.54, 1.807) is 6.07 Å².